The van der Waals surface area contributed by atoms with Crippen molar-refractivity contribution in [3.05, 3.63) is 0 Å². The number of piperidine rings is 1. The summed E-state index contributed by atoms with van der Waals surface area (Å²) in [7, 11) is 4.64. The van der Waals surface area contributed by atoms with Gasteiger partial charge < -0.3 is 4.48 Å². The summed E-state index contributed by atoms with van der Waals surface area (Å²) in [6, 6.07) is 0. The molecule has 0 aromatic rings. The van der Waals surface area contributed by atoms with Crippen molar-refractivity contribution < 1.29 is 4.48 Å². The van der Waals surface area contributed by atoms with Gasteiger partial charge in [-0.15, -0.1) is 0 Å². The molecule has 0 N–H and O–H groups in total. The highest BCUT2D eigenvalue weighted by molar-refractivity contribution is 4.48. The molecule has 0 saturated carbocycles. The Balaban J connectivity index is 0.000000252. The standard InChI is InChI=1S/C7H16N.C5H12/c1-8(2)6-4-3-5-7-8;1-5(2,3)4/h3-7H2,1-2H3;1-4H3/q+1;. The summed E-state index contributed by atoms with van der Waals surface area (Å²) in [5, 5.41) is 0. The minimum Gasteiger partial charge on any atom is -0.328 e. The van der Waals surface area contributed by atoms with Gasteiger partial charge in [0.05, 0.1) is 27.2 Å². The van der Waals surface area contributed by atoms with Gasteiger partial charge in [0, 0.05) is 0 Å². The number of hydrogen-bond donors (Lipinski definition) is 0. The number of hydrogen-bond acceptors (Lipinski definition) is 0. The molecule has 0 bridgehead atoms. The number of nitrogens with zero attached hydrogens (tertiary/aromatic N) is 1. The third-order valence-corrected chi connectivity index (χ3v) is 2.03. The quantitative estimate of drug-likeness (QED) is 0.509. The summed E-state index contributed by atoms with van der Waals surface area (Å²) in [5.41, 5.74) is 0.500. The molecule has 0 radical (unpaired) electrons. The van der Waals surface area contributed by atoms with E-state index in [1.165, 1.54) is 36.8 Å². The van der Waals surface area contributed by atoms with Crippen LogP contribution in [-0.2, 0) is 0 Å². The number of quaternary nitrogens is 1. The van der Waals surface area contributed by atoms with Gasteiger partial charge >= 0.3 is 0 Å². The van der Waals surface area contributed by atoms with Crippen LogP contribution in [0.5, 0.6) is 0 Å². The van der Waals surface area contributed by atoms with E-state index >= 15 is 0 Å². The number of likely N-dealkylation sites (tertiary alicyclic amines) is 1. The third kappa shape index (κ3) is 12.0. The van der Waals surface area contributed by atoms with E-state index in [4.69, 9.17) is 0 Å². The molecule has 1 rings (SSSR count). The lowest BCUT2D eigenvalue weighted by atomic mass is 10.0. The molecular formula is C12H28N+. The largest absolute Gasteiger partial charge is 0.328 e. The molecule has 1 saturated heterocycles. The van der Waals surface area contributed by atoms with E-state index in [1.54, 1.807) is 0 Å². The average molecular weight is 186 g/mol. The van der Waals surface area contributed by atoms with Gasteiger partial charge in [-0.1, -0.05) is 27.7 Å². The second-order valence-corrected chi connectivity index (χ2v) is 6.44. The molecular weight excluding hydrogens is 158 g/mol. The molecule has 1 aliphatic rings. The molecule has 13 heavy (non-hydrogen) atoms. The molecule has 80 valence electrons. The summed E-state index contributed by atoms with van der Waals surface area (Å²) in [6.45, 7) is 11.5. The fourth-order valence-corrected chi connectivity index (χ4v) is 1.37. The second-order valence-electron chi connectivity index (χ2n) is 6.44. The molecule has 1 nitrogen and oxygen atoms in total. The van der Waals surface area contributed by atoms with Gasteiger partial charge in [-0.3, -0.25) is 0 Å². The predicted octanol–water partition coefficient (Wildman–Crippen LogP) is 3.30. The van der Waals surface area contributed by atoms with Crippen LogP contribution >= 0.6 is 0 Å². The maximum atomic E-state index is 2.32. The zero-order valence-corrected chi connectivity index (χ0v) is 10.5. The van der Waals surface area contributed by atoms with Crippen molar-refractivity contribution in [2.45, 2.75) is 47.0 Å². The van der Waals surface area contributed by atoms with Crippen molar-refractivity contribution in [3.8, 4) is 0 Å². The highest BCUT2D eigenvalue weighted by Crippen LogP contribution is 2.12. The zero-order valence-electron chi connectivity index (χ0n) is 10.5. The molecule has 1 heteroatoms. The van der Waals surface area contributed by atoms with Crippen molar-refractivity contribution in [1.82, 2.24) is 0 Å². The lowest BCUT2D eigenvalue weighted by Crippen LogP contribution is -2.43. The first-order chi connectivity index (χ1) is 5.71. The first-order valence-corrected chi connectivity index (χ1v) is 5.53. The van der Waals surface area contributed by atoms with E-state index in [9.17, 15) is 0 Å². The molecule has 1 heterocycles. The Labute approximate surface area is 84.7 Å². The third-order valence-electron chi connectivity index (χ3n) is 2.03. The van der Waals surface area contributed by atoms with Crippen LogP contribution in [0.15, 0.2) is 0 Å². The predicted molar refractivity (Wildman–Crippen MR) is 60.8 cm³/mol. The van der Waals surface area contributed by atoms with E-state index in [-0.39, 0.29) is 0 Å². The first-order valence-electron chi connectivity index (χ1n) is 5.53. The van der Waals surface area contributed by atoms with Crippen LogP contribution < -0.4 is 0 Å². The summed E-state index contributed by atoms with van der Waals surface area (Å²) in [6.07, 6.45) is 4.34. The van der Waals surface area contributed by atoms with Crippen molar-refractivity contribution in [3.63, 3.8) is 0 Å². The van der Waals surface area contributed by atoms with Crippen molar-refractivity contribution in [1.29, 1.82) is 0 Å². The van der Waals surface area contributed by atoms with E-state index < -0.39 is 0 Å². The van der Waals surface area contributed by atoms with Gasteiger partial charge in [0.15, 0.2) is 0 Å². The average Bonchev–Trinajstić information content (AvgIpc) is 1.82. The fraction of sp³-hybridized carbons (Fsp3) is 1.00. The van der Waals surface area contributed by atoms with E-state index in [0.29, 0.717) is 5.41 Å². The molecule has 0 atom stereocenters. The van der Waals surface area contributed by atoms with Crippen LogP contribution in [0.1, 0.15) is 47.0 Å². The molecule has 1 aliphatic heterocycles. The SMILES string of the molecule is CC(C)(C)C.C[N+]1(C)CCCCC1. The minimum absolute atomic E-state index is 0.500. The van der Waals surface area contributed by atoms with Crippen LogP contribution in [0.4, 0.5) is 0 Å². The van der Waals surface area contributed by atoms with Crippen LogP contribution in [0.3, 0.4) is 0 Å². The van der Waals surface area contributed by atoms with Crippen molar-refractivity contribution in [2.75, 3.05) is 27.2 Å². The summed E-state index contributed by atoms with van der Waals surface area (Å²) >= 11 is 0. The van der Waals surface area contributed by atoms with E-state index in [2.05, 4.69) is 41.8 Å². The summed E-state index contributed by atoms with van der Waals surface area (Å²) < 4.78 is 1.25. The highest BCUT2D eigenvalue weighted by atomic mass is 15.3. The van der Waals surface area contributed by atoms with Gasteiger partial charge in [0.2, 0.25) is 0 Å². The van der Waals surface area contributed by atoms with Gasteiger partial charge in [-0.2, -0.15) is 0 Å². The van der Waals surface area contributed by atoms with Gasteiger partial charge in [0.1, 0.15) is 0 Å². The maximum Gasteiger partial charge on any atom is 0.0782 e. The monoisotopic (exact) mass is 186 g/mol. The van der Waals surface area contributed by atoms with Crippen LogP contribution in [0, 0.1) is 5.41 Å². The van der Waals surface area contributed by atoms with Crippen LogP contribution in [0.25, 0.3) is 0 Å². The maximum absolute atomic E-state index is 2.32. The fourth-order valence-electron chi connectivity index (χ4n) is 1.37. The zero-order chi connectivity index (χ0) is 10.5. The van der Waals surface area contributed by atoms with E-state index in [0.717, 1.165) is 0 Å². The Morgan fingerprint density at radius 3 is 1.23 bits per heavy atom. The van der Waals surface area contributed by atoms with Gasteiger partial charge in [-0.05, 0) is 24.7 Å². The Morgan fingerprint density at radius 2 is 1.08 bits per heavy atom. The van der Waals surface area contributed by atoms with Gasteiger partial charge in [0.25, 0.3) is 0 Å². The molecule has 0 aliphatic carbocycles. The molecule has 0 aromatic heterocycles. The van der Waals surface area contributed by atoms with E-state index in [1.807, 2.05) is 0 Å². The molecule has 0 aromatic carbocycles. The summed E-state index contributed by atoms with van der Waals surface area (Å²) in [5.74, 6) is 0. The normalized spacial score (nSPS) is 21.7. The van der Waals surface area contributed by atoms with Crippen LogP contribution in [0.2, 0.25) is 0 Å². The molecule has 1 fully saturated rings. The second kappa shape index (κ2) is 4.99. The Hall–Kier alpha value is -0.0400. The van der Waals surface area contributed by atoms with Crippen molar-refractivity contribution in [2.24, 2.45) is 5.41 Å². The lowest BCUT2D eigenvalue weighted by molar-refractivity contribution is -0.894. The number of rotatable bonds is 0. The van der Waals surface area contributed by atoms with Crippen LogP contribution in [-0.4, -0.2) is 31.7 Å². The Morgan fingerprint density at radius 1 is 0.769 bits per heavy atom. The van der Waals surface area contributed by atoms with Crippen molar-refractivity contribution >= 4 is 0 Å². The Kier molecular flexibility index (Phi) is 4.98. The molecule has 0 spiro atoms. The Bertz CT molecular complexity index is 117. The minimum atomic E-state index is 0.500. The molecule has 0 amide bonds. The van der Waals surface area contributed by atoms with Gasteiger partial charge in [-0.25, -0.2) is 0 Å². The highest BCUT2D eigenvalue weighted by Gasteiger charge is 2.17. The topological polar surface area (TPSA) is 0 Å². The smallest absolute Gasteiger partial charge is 0.0782 e. The summed E-state index contributed by atoms with van der Waals surface area (Å²) in [4.78, 5) is 0. The molecule has 0 unspecified atom stereocenters. The lowest BCUT2D eigenvalue weighted by Gasteiger charge is -2.33. The first kappa shape index (κ1) is 13.0.